The summed E-state index contributed by atoms with van der Waals surface area (Å²) in [5.74, 6) is -0.539. The molecule has 4 atom stereocenters. The highest BCUT2D eigenvalue weighted by molar-refractivity contribution is 5.72. The quantitative estimate of drug-likeness (QED) is 0.318. The van der Waals surface area contributed by atoms with E-state index in [1.54, 1.807) is 0 Å². The van der Waals surface area contributed by atoms with Crippen LogP contribution in [0.5, 0.6) is 0 Å². The molecule has 90 valence electrons. The molecular formula is C8H17NO6. The van der Waals surface area contributed by atoms with E-state index in [4.69, 9.17) is 20.1 Å². The Labute approximate surface area is 87.3 Å². The molecule has 0 fully saturated rings. The molecule has 0 spiro atoms. The number of ether oxygens (including phenoxy) is 1. The van der Waals surface area contributed by atoms with Crippen LogP contribution in [0.2, 0.25) is 0 Å². The van der Waals surface area contributed by atoms with Crippen molar-refractivity contribution in [2.45, 2.75) is 38.6 Å². The summed E-state index contributed by atoms with van der Waals surface area (Å²) >= 11 is 0. The molecule has 0 radical (unpaired) electrons. The van der Waals surface area contributed by atoms with E-state index >= 15 is 0 Å². The molecule has 5 N–H and O–H groups in total. The first-order chi connectivity index (χ1) is 6.88. The van der Waals surface area contributed by atoms with Crippen molar-refractivity contribution in [3.63, 3.8) is 0 Å². The van der Waals surface area contributed by atoms with E-state index in [9.17, 15) is 9.90 Å². The SMILES string of the molecule is CC(=O)NC(O)C(O)OC(CO)C(C)O. The second-order valence-corrected chi connectivity index (χ2v) is 3.13. The molecule has 4 unspecified atom stereocenters. The van der Waals surface area contributed by atoms with Crippen LogP contribution in [0.25, 0.3) is 0 Å². The molecule has 0 aromatic carbocycles. The first-order valence-electron chi connectivity index (χ1n) is 4.46. The summed E-state index contributed by atoms with van der Waals surface area (Å²) in [5.41, 5.74) is 0. The van der Waals surface area contributed by atoms with Gasteiger partial charge in [0.1, 0.15) is 6.10 Å². The molecule has 0 rings (SSSR count). The topological polar surface area (TPSA) is 119 Å². The van der Waals surface area contributed by atoms with Crippen LogP contribution >= 0.6 is 0 Å². The fraction of sp³-hybridized carbons (Fsp3) is 0.875. The number of nitrogens with one attached hydrogen (secondary N) is 1. The normalized spacial score (nSPS) is 19.1. The van der Waals surface area contributed by atoms with Gasteiger partial charge in [-0.15, -0.1) is 0 Å². The number of carbonyl (C=O) groups is 1. The van der Waals surface area contributed by atoms with Crippen molar-refractivity contribution in [3.05, 3.63) is 0 Å². The van der Waals surface area contributed by atoms with Crippen LogP contribution in [0.3, 0.4) is 0 Å². The molecule has 0 heterocycles. The third-order valence-electron chi connectivity index (χ3n) is 1.65. The smallest absolute Gasteiger partial charge is 0.218 e. The summed E-state index contributed by atoms with van der Waals surface area (Å²) in [4.78, 5) is 10.5. The summed E-state index contributed by atoms with van der Waals surface area (Å²) in [5, 5.41) is 38.1. The zero-order chi connectivity index (χ0) is 12.0. The largest absolute Gasteiger partial charge is 0.394 e. The van der Waals surface area contributed by atoms with E-state index in [1.165, 1.54) is 6.92 Å². The Hall–Kier alpha value is -0.730. The lowest BCUT2D eigenvalue weighted by molar-refractivity contribution is -0.217. The Balaban J connectivity index is 4.09. The molecule has 0 aliphatic heterocycles. The molecule has 0 saturated heterocycles. The van der Waals surface area contributed by atoms with Gasteiger partial charge < -0.3 is 30.5 Å². The van der Waals surface area contributed by atoms with Crippen molar-refractivity contribution in [3.8, 4) is 0 Å². The van der Waals surface area contributed by atoms with Crippen LogP contribution in [0.1, 0.15) is 13.8 Å². The van der Waals surface area contributed by atoms with Gasteiger partial charge in [-0.1, -0.05) is 0 Å². The maximum absolute atomic E-state index is 10.5. The summed E-state index contributed by atoms with van der Waals surface area (Å²) < 4.78 is 4.71. The third-order valence-corrected chi connectivity index (χ3v) is 1.65. The first kappa shape index (κ1) is 14.3. The Kier molecular flexibility index (Phi) is 6.37. The molecule has 0 aromatic rings. The van der Waals surface area contributed by atoms with Crippen LogP contribution in [-0.2, 0) is 9.53 Å². The number of aliphatic hydroxyl groups is 4. The van der Waals surface area contributed by atoms with Gasteiger partial charge in [0, 0.05) is 6.92 Å². The van der Waals surface area contributed by atoms with Crippen LogP contribution in [0, 0.1) is 0 Å². The van der Waals surface area contributed by atoms with E-state index in [-0.39, 0.29) is 0 Å². The van der Waals surface area contributed by atoms with E-state index < -0.39 is 37.2 Å². The Morgan fingerprint density at radius 2 is 1.93 bits per heavy atom. The monoisotopic (exact) mass is 223 g/mol. The Morgan fingerprint density at radius 1 is 1.40 bits per heavy atom. The molecule has 15 heavy (non-hydrogen) atoms. The highest BCUT2D eigenvalue weighted by Crippen LogP contribution is 2.03. The molecule has 0 aromatic heterocycles. The Morgan fingerprint density at radius 3 is 2.27 bits per heavy atom. The van der Waals surface area contributed by atoms with Crippen molar-refractivity contribution in [1.29, 1.82) is 0 Å². The molecule has 0 aliphatic carbocycles. The van der Waals surface area contributed by atoms with Crippen LogP contribution in [0.4, 0.5) is 0 Å². The van der Waals surface area contributed by atoms with Crippen LogP contribution in [0.15, 0.2) is 0 Å². The molecular weight excluding hydrogens is 206 g/mol. The van der Waals surface area contributed by atoms with Crippen molar-refractivity contribution >= 4 is 5.91 Å². The zero-order valence-corrected chi connectivity index (χ0v) is 8.62. The van der Waals surface area contributed by atoms with Gasteiger partial charge in [0.05, 0.1) is 12.7 Å². The van der Waals surface area contributed by atoms with E-state index in [0.29, 0.717) is 0 Å². The highest BCUT2D eigenvalue weighted by atomic mass is 16.6. The molecule has 0 bridgehead atoms. The van der Waals surface area contributed by atoms with E-state index in [2.05, 4.69) is 0 Å². The van der Waals surface area contributed by atoms with Gasteiger partial charge in [-0.2, -0.15) is 0 Å². The van der Waals surface area contributed by atoms with Crippen LogP contribution < -0.4 is 5.32 Å². The van der Waals surface area contributed by atoms with Gasteiger partial charge in [0.2, 0.25) is 12.2 Å². The third kappa shape index (κ3) is 5.65. The van der Waals surface area contributed by atoms with Gasteiger partial charge in [-0.25, -0.2) is 0 Å². The lowest BCUT2D eigenvalue weighted by Gasteiger charge is -2.25. The number of rotatable bonds is 6. The molecule has 0 saturated carbocycles. The Bertz CT molecular complexity index is 198. The van der Waals surface area contributed by atoms with Gasteiger partial charge in [0.25, 0.3) is 0 Å². The van der Waals surface area contributed by atoms with Crippen molar-refractivity contribution < 1.29 is 30.0 Å². The van der Waals surface area contributed by atoms with Crippen molar-refractivity contribution in [2.24, 2.45) is 0 Å². The van der Waals surface area contributed by atoms with Gasteiger partial charge in [-0.05, 0) is 6.92 Å². The lowest BCUT2D eigenvalue weighted by atomic mass is 10.2. The lowest BCUT2D eigenvalue weighted by Crippen LogP contribution is -2.47. The fourth-order valence-electron chi connectivity index (χ4n) is 0.842. The number of aliphatic hydroxyl groups excluding tert-OH is 4. The number of carbonyl (C=O) groups excluding carboxylic acids is 1. The average Bonchev–Trinajstić information content (AvgIpc) is 2.11. The van der Waals surface area contributed by atoms with Gasteiger partial charge in [0.15, 0.2) is 6.23 Å². The second-order valence-electron chi connectivity index (χ2n) is 3.13. The minimum Gasteiger partial charge on any atom is -0.394 e. The highest BCUT2D eigenvalue weighted by Gasteiger charge is 2.24. The second kappa shape index (κ2) is 6.70. The molecule has 0 aliphatic rings. The van der Waals surface area contributed by atoms with Crippen molar-refractivity contribution in [2.75, 3.05) is 6.61 Å². The summed E-state index contributed by atoms with van der Waals surface area (Å²) in [6.45, 7) is 2.01. The maximum atomic E-state index is 10.5. The summed E-state index contributed by atoms with van der Waals surface area (Å²) in [6.07, 6.45) is -5.34. The molecule has 7 heteroatoms. The van der Waals surface area contributed by atoms with E-state index in [1.807, 2.05) is 5.32 Å². The minimum atomic E-state index is -1.71. The van der Waals surface area contributed by atoms with Gasteiger partial charge in [-0.3, -0.25) is 4.79 Å². The van der Waals surface area contributed by atoms with Crippen molar-refractivity contribution in [1.82, 2.24) is 5.32 Å². The molecule has 1 amide bonds. The predicted octanol–water partition coefficient (Wildman–Crippen LogP) is -2.48. The summed E-state index contributed by atoms with van der Waals surface area (Å²) in [6, 6.07) is 0. The van der Waals surface area contributed by atoms with E-state index in [0.717, 1.165) is 6.92 Å². The number of hydrogen-bond acceptors (Lipinski definition) is 6. The number of hydrogen-bond donors (Lipinski definition) is 5. The predicted molar refractivity (Wildman–Crippen MR) is 49.5 cm³/mol. The average molecular weight is 223 g/mol. The first-order valence-corrected chi connectivity index (χ1v) is 4.46. The summed E-state index contributed by atoms with van der Waals surface area (Å²) in [7, 11) is 0. The zero-order valence-electron chi connectivity index (χ0n) is 8.62. The van der Waals surface area contributed by atoms with Gasteiger partial charge >= 0.3 is 0 Å². The molecule has 7 nitrogen and oxygen atoms in total. The van der Waals surface area contributed by atoms with Crippen LogP contribution in [-0.4, -0.2) is 57.7 Å². The maximum Gasteiger partial charge on any atom is 0.218 e. The minimum absolute atomic E-state index is 0.512. The number of amides is 1. The fourth-order valence-corrected chi connectivity index (χ4v) is 0.842. The standard InChI is InChI=1S/C8H17NO6/c1-4(11)6(3-10)15-8(14)7(13)9-5(2)12/h4,6-8,10-11,13-14H,3H2,1-2H3,(H,9,12).